The molecule has 1 aromatic heterocycles. The van der Waals surface area contributed by atoms with E-state index >= 15 is 0 Å². The number of fused-ring (bicyclic) bond motifs is 1. The molecule has 1 fully saturated rings. The van der Waals surface area contributed by atoms with Crippen LogP contribution in [0.25, 0.3) is 10.1 Å². The fourth-order valence-corrected chi connectivity index (χ4v) is 4.86. The molecular weight excluding hydrogens is 262 g/mol. The van der Waals surface area contributed by atoms with Gasteiger partial charge in [0.25, 0.3) is 0 Å². The fourth-order valence-electron chi connectivity index (χ4n) is 3.86. The maximum atomic E-state index is 5.89. The summed E-state index contributed by atoms with van der Waals surface area (Å²) in [7, 11) is 0. The SMILES string of the molecule is NCCC1(CCc2csc3ccccc23)CCCCC1. The second kappa shape index (κ2) is 6.28. The van der Waals surface area contributed by atoms with Crippen molar-refractivity contribution in [2.24, 2.45) is 11.1 Å². The van der Waals surface area contributed by atoms with E-state index in [0.717, 1.165) is 6.54 Å². The summed E-state index contributed by atoms with van der Waals surface area (Å²) in [6.45, 7) is 0.852. The van der Waals surface area contributed by atoms with Gasteiger partial charge in [0.05, 0.1) is 0 Å². The highest BCUT2D eigenvalue weighted by molar-refractivity contribution is 7.17. The molecule has 2 aromatic rings. The highest BCUT2D eigenvalue weighted by atomic mass is 32.1. The highest BCUT2D eigenvalue weighted by Crippen LogP contribution is 2.43. The average Bonchev–Trinajstić information content (AvgIpc) is 2.90. The second-order valence-corrected chi connectivity index (χ2v) is 7.27. The van der Waals surface area contributed by atoms with E-state index in [1.165, 1.54) is 61.5 Å². The third-order valence-corrected chi connectivity index (χ3v) is 6.09. The summed E-state index contributed by atoms with van der Waals surface area (Å²) in [5, 5.41) is 3.83. The van der Waals surface area contributed by atoms with Crippen LogP contribution in [0.4, 0.5) is 0 Å². The molecule has 1 nitrogen and oxygen atoms in total. The van der Waals surface area contributed by atoms with Crippen molar-refractivity contribution in [2.75, 3.05) is 6.54 Å². The summed E-state index contributed by atoms with van der Waals surface area (Å²) in [6.07, 6.45) is 10.8. The van der Waals surface area contributed by atoms with Crippen molar-refractivity contribution in [3.05, 3.63) is 35.2 Å². The molecule has 3 rings (SSSR count). The van der Waals surface area contributed by atoms with E-state index in [0.29, 0.717) is 5.41 Å². The predicted octanol–water partition coefficient (Wildman–Crippen LogP) is 5.13. The van der Waals surface area contributed by atoms with Gasteiger partial charge in [0.2, 0.25) is 0 Å². The second-order valence-electron chi connectivity index (χ2n) is 6.36. The smallest absolute Gasteiger partial charge is 0.0345 e. The van der Waals surface area contributed by atoms with Crippen molar-refractivity contribution >= 4 is 21.4 Å². The molecule has 1 heterocycles. The van der Waals surface area contributed by atoms with Crippen LogP contribution in [-0.2, 0) is 6.42 Å². The largest absolute Gasteiger partial charge is 0.330 e. The first-order valence-electron chi connectivity index (χ1n) is 7.98. The lowest BCUT2D eigenvalue weighted by atomic mass is 9.68. The van der Waals surface area contributed by atoms with Gasteiger partial charge in [-0.15, -0.1) is 11.3 Å². The van der Waals surface area contributed by atoms with Crippen LogP contribution in [0, 0.1) is 5.41 Å². The molecule has 1 aliphatic rings. The van der Waals surface area contributed by atoms with Crippen LogP contribution in [0.3, 0.4) is 0 Å². The summed E-state index contributed by atoms with van der Waals surface area (Å²) in [4.78, 5) is 0. The van der Waals surface area contributed by atoms with Crippen LogP contribution in [-0.4, -0.2) is 6.54 Å². The molecule has 0 bridgehead atoms. The lowest BCUT2D eigenvalue weighted by molar-refractivity contribution is 0.161. The summed E-state index contributed by atoms with van der Waals surface area (Å²) in [5.74, 6) is 0. The van der Waals surface area contributed by atoms with Gasteiger partial charge in [0.1, 0.15) is 0 Å². The monoisotopic (exact) mass is 287 g/mol. The Hall–Kier alpha value is -0.860. The molecule has 1 aliphatic carbocycles. The Bertz CT molecular complexity index is 546. The van der Waals surface area contributed by atoms with Gasteiger partial charge in [-0.2, -0.15) is 0 Å². The first-order valence-corrected chi connectivity index (χ1v) is 8.86. The molecule has 1 saturated carbocycles. The molecule has 0 aliphatic heterocycles. The Balaban J connectivity index is 1.73. The summed E-state index contributed by atoms with van der Waals surface area (Å²) >= 11 is 1.89. The summed E-state index contributed by atoms with van der Waals surface area (Å²) in [5.41, 5.74) is 7.97. The van der Waals surface area contributed by atoms with Gasteiger partial charge in [-0.3, -0.25) is 0 Å². The van der Waals surface area contributed by atoms with Gasteiger partial charge >= 0.3 is 0 Å². The summed E-state index contributed by atoms with van der Waals surface area (Å²) in [6, 6.07) is 8.81. The van der Waals surface area contributed by atoms with Crippen LogP contribution < -0.4 is 5.73 Å². The molecule has 0 unspecified atom stereocenters. The number of thiophene rings is 1. The molecular formula is C18H25NS. The average molecular weight is 287 g/mol. The van der Waals surface area contributed by atoms with Crippen LogP contribution in [0.1, 0.15) is 50.5 Å². The van der Waals surface area contributed by atoms with Crippen molar-refractivity contribution in [2.45, 2.75) is 51.4 Å². The number of benzene rings is 1. The Kier molecular flexibility index (Phi) is 4.42. The quantitative estimate of drug-likeness (QED) is 0.810. The minimum absolute atomic E-state index is 0.538. The highest BCUT2D eigenvalue weighted by Gasteiger charge is 2.30. The van der Waals surface area contributed by atoms with Crippen molar-refractivity contribution in [1.29, 1.82) is 0 Å². The van der Waals surface area contributed by atoms with E-state index in [2.05, 4.69) is 29.6 Å². The Morgan fingerprint density at radius 3 is 2.65 bits per heavy atom. The first kappa shape index (κ1) is 14.1. The number of nitrogens with two attached hydrogens (primary N) is 1. The molecule has 1 aromatic carbocycles. The Morgan fingerprint density at radius 1 is 1.05 bits per heavy atom. The number of hydrogen-bond donors (Lipinski definition) is 1. The molecule has 108 valence electrons. The molecule has 0 amide bonds. The van der Waals surface area contributed by atoms with Gasteiger partial charge in [-0.25, -0.2) is 0 Å². The van der Waals surface area contributed by atoms with Crippen LogP contribution in [0.15, 0.2) is 29.6 Å². The third-order valence-electron chi connectivity index (χ3n) is 5.07. The molecule has 0 saturated heterocycles. The van der Waals surface area contributed by atoms with Crippen molar-refractivity contribution < 1.29 is 0 Å². The maximum Gasteiger partial charge on any atom is 0.0345 e. The zero-order valence-electron chi connectivity index (χ0n) is 12.2. The molecule has 2 heteroatoms. The number of aryl methyl sites for hydroxylation is 1. The number of rotatable bonds is 5. The predicted molar refractivity (Wildman–Crippen MR) is 89.3 cm³/mol. The fraction of sp³-hybridized carbons (Fsp3) is 0.556. The third kappa shape index (κ3) is 2.91. The van der Waals surface area contributed by atoms with Crippen LogP contribution in [0.5, 0.6) is 0 Å². The maximum absolute atomic E-state index is 5.89. The normalized spacial score (nSPS) is 18.4. The molecule has 0 radical (unpaired) electrons. The molecule has 0 atom stereocenters. The van der Waals surface area contributed by atoms with E-state index in [4.69, 9.17) is 5.73 Å². The summed E-state index contributed by atoms with van der Waals surface area (Å²) < 4.78 is 1.43. The first-order chi connectivity index (χ1) is 9.83. The lowest BCUT2D eigenvalue weighted by Gasteiger charge is -2.37. The zero-order valence-corrected chi connectivity index (χ0v) is 13.1. The lowest BCUT2D eigenvalue weighted by Crippen LogP contribution is -2.27. The van der Waals surface area contributed by atoms with E-state index in [1.54, 1.807) is 5.56 Å². The Morgan fingerprint density at radius 2 is 1.85 bits per heavy atom. The molecule has 0 spiro atoms. The number of hydrogen-bond acceptors (Lipinski definition) is 2. The molecule has 20 heavy (non-hydrogen) atoms. The van der Waals surface area contributed by atoms with Gasteiger partial charge in [-0.1, -0.05) is 37.5 Å². The molecule has 2 N–H and O–H groups in total. The van der Waals surface area contributed by atoms with Gasteiger partial charge in [0.15, 0.2) is 0 Å². The zero-order chi connectivity index (χ0) is 13.8. The standard InChI is InChI=1S/C18H25NS/c19-13-12-18(9-4-1-5-10-18)11-8-15-14-20-17-7-3-2-6-16(15)17/h2-3,6-7,14H,1,4-5,8-13,19H2. The minimum atomic E-state index is 0.538. The van der Waals surface area contributed by atoms with E-state index in [1.807, 2.05) is 11.3 Å². The van der Waals surface area contributed by atoms with Crippen LogP contribution >= 0.6 is 11.3 Å². The van der Waals surface area contributed by atoms with Crippen LogP contribution in [0.2, 0.25) is 0 Å². The van der Waals surface area contributed by atoms with Crippen molar-refractivity contribution in [3.8, 4) is 0 Å². The van der Waals surface area contributed by atoms with Gasteiger partial charge in [-0.05, 0) is 66.5 Å². The Labute approximate surface area is 126 Å². The van der Waals surface area contributed by atoms with E-state index in [9.17, 15) is 0 Å². The van der Waals surface area contributed by atoms with Gasteiger partial charge < -0.3 is 5.73 Å². The minimum Gasteiger partial charge on any atom is -0.330 e. The van der Waals surface area contributed by atoms with Gasteiger partial charge in [0, 0.05) is 4.70 Å². The van der Waals surface area contributed by atoms with E-state index < -0.39 is 0 Å². The van der Waals surface area contributed by atoms with E-state index in [-0.39, 0.29) is 0 Å². The van der Waals surface area contributed by atoms with Crippen molar-refractivity contribution in [1.82, 2.24) is 0 Å². The topological polar surface area (TPSA) is 26.0 Å². The van der Waals surface area contributed by atoms with Crippen molar-refractivity contribution in [3.63, 3.8) is 0 Å².